The predicted octanol–water partition coefficient (Wildman–Crippen LogP) is 1.56. The maximum atomic E-state index is 12.4. The van der Waals surface area contributed by atoms with Crippen LogP contribution in [0.3, 0.4) is 0 Å². The van der Waals surface area contributed by atoms with Gasteiger partial charge in [0, 0.05) is 12.2 Å². The first kappa shape index (κ1) is 20.2. The number of carbonyl (C=O) groups excluding carboxylic acids is 3. The molecule has 2 fully saturated rings. The van der Waals surface area contributed by atoms with Gasteiger partial charge >= 0.3 is 0 Å². The van der Waals surface area contributed by atoms with E-state index in [0.29, 0.717) is 24.6 Å². The fourth-order valence-electron chi connectivity index (χ4n) is 3.54. The van der Waals surface area contributed by atoms with Crippen molar-refractivity contribution >= 4 is 35.8 Å². The van der Waals surface area contributed by atoms with Crippen LogP contribution in [0.25, 0.3) is 0 Å². The van der Waals surface area contributed by atoms with E-state index in [1.807, 2.05) is 0 Å². The zero-order valence-electron chi connectivity index (χ0n) is 14.5. The number of nitrogens with zero attached hydrogens (tertiary/aromatic N) is 1. The maximum Gasteiger partial charge on any atom is 0.244 e. The van der Waals surface area contributed by atoms with Crippen molar-refractivity contribution in [3.8, 4) is 5.75 Å². The van der Waals surface area contributed by atoms with Gasteiger partial charge in [0.2, 0.25) is 17.7 Å². The van der Waals surface area contributed by atoms with E-state index in [9.17, 15) is 14.4 Å². The number of halogens is 1. The van der Waals surface area contributed by atoms with Gasteiger partial charge in [0.05, 0.1) is 11.8 Å². The van der Waals surface area contributed by atoms with Crippen molar-refractivity contribution in [1.29, 1.82) is 0 Å². The first-order valence-electron chi connectivity index (χ1n) is 8.68. The molecule has 0 radical (unpaired) electrons. The number of fused-ring (bicyclic) bond motifs is 1. The minimum Gasteiger partial charge on any atom is -0.492 e. The van der Waals surface area contributed by atoms with Crippen molar-refractivity contribution in [2.24, 2.45) is 17.6 Å². The number of hydrogen-bond donors (Lipinski definition) is 2. The molecule has 142 valence electrons. The zero-order valence-corrected chi connectivity index (χ0v) is 15.3. The van der Waals surface area contributed by atoms with Crippen molar-refractivity contribution in [2.75, 3.05) is 25.0 Å². The van der Waals surface area contributed by atoms with E-state index in [1.165, 1.54) is 0 Å². The Morgan fingerprint density at radius 3 is 2.23 bits per heavy atom. The molecular formula is C18H24ClN3O4. The summed E-state index contributed by atoms with van der Waals surface area (Å²) >= 11 is 0. The highest BCUT2D eigenvalue weighted by atomic mass is 35.5. The predicted molar refractivity (Wildman–Crippen MR) is 99.0 cm³/mol. The minimum absolute atomic E-state index is 0. The van der Waals surface area contributed by atoms with E-state index in [0.717, 1.165) is 30.6 Å². The summed E-state index contributed by atoms with van der Waals surface area (Å²) in [7, 11) is 0. The molecule has 1 saturated heterocycles. The standard InChI is InChI=1S/C18H23N3O4.ClH/c19-9-10-25-13-7-5-12(6-8-13)20-16(22)11-21-17(23)14-3-1-2-4-15(14)18(21)24;/h5-8,14-15H,1-4,9-11,19H2,(H,20,22);1H. The van der Waals surface area contributed by atoms with Crippen LogP contribution in [-0.4, -0.2) is 42.3 Å². The molecule has 0 spiro atoms. The van der Waals surface area contributed by atoms with Crippen LogP contribution in [0.5, 0.6) is 5.75 Å². The molecule has 1 aliphatic heterocycles. The first-order valence-corrected chi connectivity index (χ1v) is 8.68. The largest absolute Gasteiger partial charge is 0.492 e. The van der Waals surface area contributed by atoms with Crippen molar-refractivity contribution < 1.29 is 19.1 Å². The van der Waals surface area contributed by atoms with Gasteiger partial charge in [-0.1, -0.05) is 12.8 Å². The van der Waals surface area contributed by atoms with Gasteiger partial charge in [-0.2, -0.15) is 0 Å². The first-order chi connectivity index (χ1) is 12.1. The topological polar surface area (TPSA) is 102 Å². The van der Waals surface area contributed by atoms with Crippen molar-refractivity contribution in [1.82, 2.24) is 4.90 Å². The Labute approximate surface area is 158 Å². The smallest absolute Gasteiger partial charge is 0.244 e. The summed E-state index contributed by atoms with van der Waals surface area (Å²) in [6.07, 6.45) is 3.44. The molecule has 0 bridgehead atoms. The second-order valence-corrected chi connectivity index (χ2v) is 6.47. The fourth-order valence-corrected chi connectivity index (χ4v) is 3.54. The van der Waals surface area contributed by atoms with Gasteiger partial charge in [0.1, 0.15) is 18.9 Å². The quantitative estimate of drug-likeness (QED) is 0.728. The van der Waals surface area contributed by atoms with Gasteiger partial charge in [-0.05, 0) is 37.1 Å². The lowest BCUT2D eigenvalue weighted by Gasteiger charge is -2.19. The van der Waals surface area contributed by atoms with Gasteiger partial charge in [0.15, 0.2) is 0 Å². The molecule has 1 heterocycles. The average molecular weight is 382 g/mol. The van der Waals surface area contributed by atoms with E-state index in [-0.39, 0.29) is 48.5 Å². The van der Waals surface area contributed by atoms with E-state index in [2.05, 4.69) is 5.32 Å². The lowest BCUT2D eigenvalue weighted by atomic mass is 9.81. The van der Waals surface area contributed by atoms with Crippen LogP contribution in [0.4, 0.5) is 5.69 Å². The number of anilines is 1. The highest BCUT2D eigenvalue weighted by molar-refractivity contribution is 6.08. The van der Waals surface area contributed by atoms with Crippen molar-refractivity contribution in [3.05, 3.63) is 24.3 Å². The molecule has 26 heavy (non-hydrogen) atoms. The van der Waals surface area contributed by atoms with Gasteiger partial charge in [0.25, 0.3) is 0 Å². The number of carbonyl (C=O) groups is 3. The average Bonchev–Trinajstić information content (AvgIpc) is 2.86. The molecule has 1 aliphatic carbocycles. The Hall–Kier alpha value is -2.12. The molecular weight excluding hydrogens is 358 g/mol. The van der Waals surface area contributed by atoms with Crippen LogP contribution < -0.4 is 15.8 Å². The maximum absolute atomic E-state index is 12.4. The van der Waals surface area contributed by atoms with Crippen LogP contribution in [-0.2, 0) is 14.4 Å². The van der Waals surface area contributed by atoms with E-state index in [4.69, 9.17) is 10.5 Å². The van der Waals surface area contributed by atoms with E-state index in [1.54, 1.807) is 24.3 Å². The van der Waals surface area contributed by atoms with Crippen LogP contribution >= 0.6 is 12.4 Å². The number of amides is 3. The Morgan fingerprint density at radius 2 is 1.69 bits per heavy atom. The number of rotatable bonds is 6. The molecule has 1 aromatic carbocycles. The van der Waals surface area contributed by atoms with Gasteiger partial charge in [-0.3, -0.25) is 19.3 Å². The summed E-state index contributed by atoms with van der Waals surface area (Å²) < 4.78 is 5.37. The van der Waals surface area contributed by atoms with Crippen LogP contribution in [0.2, 0.25) is 0 Å². The molecule has 3 rings (SSSR count). The summed E-state index contributed by atoms with van der Waals surface area (Å²) in [5.41, 5.74) is 5.96. The Bertz CT molecular complexity index is 641. The Morgan fingerprint density at radius 1 is 1.12 bits per heavy atom. The number of imide groups is 1. The summed E-state index contributed by atoms with van der Waals surface area (Å²) in [5.74, 6) is -0.569. The second kappa shape index (κ2) is 9.00. The highest BCUT2D eigenvalue weighted by Crippen LogP contribution is 2.37. The lowest BCUT2D eigenvalue weighted by Crippen LogP contribution is -2.38. The van der Waals surface area contributed by atoms with Crippen molar-refractivity contribution in [3.63, 3.8) is 0 Å². The minimum atomic E-state index is -0.379. The normalized spacial score (nSPS) is 21.8. The number of hydrogen-bond acceptors (Lipinski definition) is 5. The number of nitrogens with one attached hydrogen (secondary N) is 1. The molecule has 3 N–H and O–H groups in total. The number of likely N-dealkylation sites (tertiary alicyclic amines) is 1. The molecule has 2 unspecified atom stereocenters. The van der Waals surface area contributed by atoms with Crippen molar-refractivity contribution in [2.45, 2.75) is 25.7 Å². The monoisotopic (exact) mass is 381 g/mol. The Kier molecular flexibility index (Phi) is 6.99. The van der Waals surface area contributed by atoms with Gasteiger partial charge in [-0.15, -0.1) is 12.4 Å². The molecule has 3 amide bonds. The molecule has 0 aromatic heterocycles. The fraction of sp³-hybridized carbons (Fsp3) is 0.500. The Balaban J connectivity index is 0.00000243. The van der Waals surface area contributed by atoms with E-state index >= 15 is 0 Å². The van der Waals surface area contributed by atoms with Gasteiger partial charge < -0.3 is 15.8 Å². The molecule has 7 nitrogen and oxygen atoms in total. The third-order valence-corrected chi connectivity index (χ3v) is 4.76. The van der Waals surface area contributed by atoms with Crippen LogP contribution in [0.1, 0.15) is 25.7 Å². The van der Waals surface area contributed by atoms with Crippen LogP contribution in [0.15, 0.2) is 24.3 Å². The molecule has 2 aliphatic rings. The number of ether oxygens (including phenoxy) is 1. The molecule has 1 aromatic rings. The highest BCUT2D eigenvalue weighted by Gasteiger charge is 2.48. The lowest BCUT2D eigenvalue weighted by molar-refractivity contribution is -0.142. The number of nitrogens with two attached hydrogens (primary N) is 1. The van der Waals surface area contributed by atoms with Gasteiger partial charge in [-0.25, -0.2) is 0 Å². The van der Waals surface area contributed by atoms with Crippen LogP contribution in [0, 0.1) is 11.8 Å². The summed E-state index contributed by atoms with van der Waals surface area (Å²) in [5, 5.41) is 2.71. The molecule has 8 heteroatoms. The summed E-state index contributed by atoms with van der Waals surface area (Å²) in [6, 6.07) is 6.87. The zero-order chi connectivity index (χ0) is 17.8. The SMILES string of the molecule is Cl.NCCOc1ccc(NC(=O)CN2C(=O)C3CCCCC3C2=O)cc1. The summed E-state index contributed by atoms with van der Waals surface area (Å²) in [6.45, 7) is 0.627. The third-order valence-electron chi connectivity index (χ3n) is 4.76. The van der Waals surface area contributed by atoms with E-state index < -0.39 is 0 Å². The third kappa shape index (κ3) is 4.34. The summed E-state index contributed by atoms with van der Waals surface area (Å²) in [4.78, 5) is 38.1. The second-order valence-electron chi connectivity index (χ2n) is 6.47. The molecule has 1 saturated carbocycles. The molecule has 2 atom stereocenters. The number of benzene rings is 1.